The smallest absolute Gasteiger partial charge is 0.331 e. The van der Waals surface area contributed by atoms with Crippen LogP contribution in [0.15, 0.2) is 60.7 Å². The predicted molar refractivity (Wildman–Crippen MR) is 94.1 cm³/mol. The maximum Gasteiger partial charge on any atom is 0.331 e. The van der Waals surface area contributed by atoms with Crippen LogP contribution in [0.5, 0.6) is 0 Å². The van der Waals surface area contributed by atoms with E-state index in [0.29, 0.717) is 6.42 Å². The molecule has 1 aliphatic heterocycles. The van der Waals surface area contributed by atoms with Crippen LogP contribution in [0.4, 0.5) is 0 Å². The normalized spacial score (nSPS) is 19.4. The summed E-state index contributed by atoms with van der Waals surface area (Å²) in [6.07, 6.45) is 2.88. The molecular formula is C19H18O4S. The number of benzene rings is 2. The van der Waals surface area contributed by atoms with Gasteiger partial charge in [0.05, 0.1) is 11.5 Å². The van der Waals surface area contributed by atoms with Gasteiger partial charge >= 0.3 is 5.97 Å². The second kappa shape index (κ2) is 7.01. The molecule has 24 heavy (non-hydrogen) atoms. The van der Waals surface area contributed by atoms with E-state index >= 15 is 0 Å². The lowest BCUT2D eigenvalue weighted by molar-refractivity contribution is -0.141. The standard InChI is InChI=1S/C19H18O4S/c20-19(23-18-11-12-24(21,22)14-18)10-9-15-5-4-8-17(13-15)16-6-2-1-3-7-16/h1-10,13,18H,11-12,14H2/b10-9+/t18-/m0/s1. The number of carbonyl (C=O) groups is 1. The van der Waals surface area contributed by atoms with Crippen LogP contribution < -0.4 is 0 Å². The summed E-state index contributed by atoms with van der Waals surface area (Å²) in [5, 5.41) is 0. The van der Waals surface area contributed by atoms with Gasteiger partial charge < -0.3 is 4.74 Å². The van der Waals surface area contributed by atoms with E-state index in [1.807, 2.05) is 54.6 Å². The minimum atomic E-state index is -3.05. The molecule has 1 heterocycles. The van der Waals surface area contributed by atoms with Crippen molar-refractivity contribution in [1.82, 2.24) is 0 Å². The van der Waals surface area contributed by atoms with Crippen LogP contribution in [0.25, 0.3) is 17.2 Å². The molecule has 4 nitrogen and oxygen atoms in total. The molecule has 0 aliphatic carbocycles. The van der Waals surface area contributed by atoms with Gasteiger partial charge in [-0.05, 0) is 35.3 Å². The van der Waals surface area contributed by atoms with Crippen molar-refractivity contribution in [3.8, 4) is 11.1 Å². The third-order valence-corrected chi connectivity index (χ3v) is 5.62. The molecule has 0 aromatic heterocycles. The molecule has 0 N–H and O–H groups in total. The summed E-state index contributed by atoms with van der Waals surface area (Å²) in [7, 11) is -3.05. The molecule has 0 radical (unpaired) electrons. The Hall–Kier alpha value is -2.40. The third kappa shape index (κ3) is 4.32. The van der Waals surface area contributed by atoms with Crippen LogP contribution in [-0.4, -0.2) is 32.0 Å². The largest absolute Gasteiger partial charge is 0.458 e. The maximum absolute atomic E-state index is 11.8. The zero-order chi connectivity index (χ0) is 17.0. The van der Waals surface area contributed by atoms with Crippen molar-refractivity contribution < 1.29 is 17.9 Å². The third-order valence-electron chi connectivity index (χ3n) is 3.88. The summed E-state index contributed by atoms with van der Waals surface area (Å²) in [4.78, 5) is 11.8. The molecule has 0 spiro atoms. The Morgan fingerprint density at radius 3 is 2.50 bits per heavy atom. The second-order valence-corrected chi connectivity index (χ2v) is 8.02. The Kier molecular flexibility index (Phi) is 4.81. The highest BCUT2D eigenvalue weighted by molar-refractivity contribution is 7.91. The van der Waals surface area contributed by atoms with E-state index in [2.05, 4.69) is 0 Å². The average molecular weight is 342 g/mol. The Balaban J connectivity index is 1.65. The fourth-order valence-electron chi connectivity index (χ4n) is 2.67. The SMILES string of the molecule is O=C(/C=C/c1cccc(-c2ccccc2)c1)O[C@H]1CCS(=O)(=O)C1. The van der Waals surface area contributed by atoms with Crippen LogP contribution >= 0.6 is 0 Å². The molecular weight excluding hydrogens is 324 g/mol. The second-order valence-electron chi connectivity index (χ2n) is 5.79. The summed E-state index contributed by atoms with van der Waals surface area (Å²) in [5.74, 6) is -0.494. The van der Waals surface area contributed by atoms with E-state index in [0.717, 1.165) is 16.7 Å². The molecule has 1 aliphatic rings. The summed E-state index contributed by atoms with van der Waals surface area (Å²) in [6.45, 7) is 0. The van der Waals surface area contributed by atoms with Gasteiger partial charge in [-0.25, -0.2) is 13.2 Å². The molecule has 0 bridgehead atoms. The summed E-state index contributed by atoms with van der Waals surface area (Å²) >= 11 is 0. The zero-order valence-electron chi connectivity index (χ0n) is 13.1. The lowest BCUT2D eigenvalue weighted by atomic mass is 10.0. The summed E-state index contributed by atoms with van der Waals surface area (Å²) in [5.41, 5.74) is 3.05. The monoisotopic (exact) mass is 342 g/mol. The van der Waals surface area contributed by atoms with Crippen molar-refractivity contribution in [1.29, 1.82) is 0 Å². The van der Waals surface area contributed by atoms with E-state index < -0.39 is 21.9 Å². The van der Waals surface area contributed by atoms with E-state index in [4.69, 9.17) is 4.74 Å². The number of hydrogen-bond donors (Lipinski definition) is 0. The first-order chi connectivity index (χ1) is 11.5. The van der Waals surface area contributed by atoms with Crippen molar-refractivity contribution >= 4 is 21.9 Å². The summed E-state index contributed by atoms with van der Waals surface area (Å²) < 4.78 is 27.9. The minimum absolute atomic E-state index is 0.0733. The first-order valence-electron chi connectivity index (χ1n) is 7.76. The molecule has 3 rings (SSSR count). The molecule has 5 heteroatoms. The Morgan fingerprint density at radius 1 is 1.04 bits per heavy atom. The zero-order valence-corrected chi connectivity index (χ0v) is 13.9. The molecule has 1 atom stereocenters. The molecule has 0 saturated carbocycles. The van der Waals surface area contributed by atoms with Crippen LogP contribution in [0.2, 0.25) is 0 Å². The molecule has 2 aromatic carbocycles. The van der Waals surface area contributed by atoms with Crippen LogP contribution in [-0.2, 0) is 19.4 Å². The fourth-order valence-corrected chi connectivity index (χ4v) is 4.26. The van der Waals surface area contributed by atoms with Crippen molar-refractivity contribution in [2.45, 2.75) is 12.5 Å². The summed E-state index contributed by atoms with van der Waals surface area (Å²) in [6, 6.07) is 17.8. The van der Waals surface area contributed by atoms with Gasteiger partial charge in [-0.15, -0.1) is 0 Å². The van der Waals surface area contributed by atoms with Crippen molar-refractivity contribution in [2.24, 2.45) is 0 Å². The molecule has 0 amide bonds. The molecule has 0 unspecified atom stereocenters. The van der Waals surface area contributed by atoms with E-state index in [1.165, 1.54) is 6.08 Å². The number of ether oxygens (including phenoxy) is 1. The quantitative estimate of drug-likeness (QED) is 0.633. The van der Waals surface area contributed by atoms with E-state index in [1.54, 1.807) is 6.08 Å². The van der Waals surface area contributed by atoms with Gasteiger partial charge in [0.1, 0.15) is 6.10 Å². The highest BCUT2D eigenvalue weighted by Gasteiger charge is 2.30. The molecule has 124 valence electrons. The Morgan fingerprint density at radius 2 is 1.79 bits per heavy atom. The maximum atomic E-state index is 11.8. The first kappa shape index (κ1) is 16.5. The van der Waals surface area contributed by atoms with Gasteiger partial charge in [0, 0.05) is 6.08 Å². The highest BCUT2D eigenvalue weighted by atomic mass is 32.2. The molecule has 1 fully saturated rings. The number of carbonyl (C=O) groups excluding carboxylic acids is 1. The van der Waals surface area contributed by atoms with Crippen molar-refractivity contribution in [3.63, 3.8) is 0 Å². The van der Waals surface area contributed by atoms with Gasteiger partial charge in [0.15, 0.2) is 9.84 Å². The number of sulfone groups is 1. The average Bonchev–Trinajstić information content (AvgIpc) is 2.92. The fraction of sp³-hybridized carbons (Fsp3) is 0.211. The topological polar surface area (TPSA) is 60.4 Å². The number of hydrogen-bond acceptors (Lipinski definition) is 4. The first-order valence-corrected chi connectivity index (χ1v) is 9.59. The Labute approximate surface area is 141 Å². The lowest BCUT2D eigenvalue weighted by Crippen LogP contribution is -2.17. The van der Waals surface area contributed by atoms with Crippen molar-refractivity contribution in [3.05, 3.63) is 66.2 Å². The van der Waals surface area contributed by atoms with E-state index in [-0.39, 0.29) is 11.5 Å². The lowest BCUT2D eigenvalue weighted by Gasteiger charge is -2.07. The number of rotatable bonds is 4. The molecule has 2 aromatic rings. The predicted octanol–water partition coefficient (Wildman–Crippen LogP) is 3.10. The van der Waals surface area contributed by atoms with Gasteiger partial charge in [-0.1, -0.05) is 48.5 Å². The van der Waals surface area contributed by atoms with Gasteiger partial charge in [0.25, 0.3) is 0 Å². The van der Waals surface area contributed by atoms with Crippen LogP contribution in [0.3, 0.4) is 0 Å². The number of esters is 1. The van der Waals surface area contributed by atoms with Gasteiger partial charge in [-0.2, -0.15) is 0 Å². The Bertz CT molecular complexity index is 854. The highest BCUT2D eigenvalue weighted by Crippen LogP contribution is 2.21. The van der Waals surface area contributed by atoms with Crippen LogP contribution in [0, 0.1) is 0 Å². The van der Waals surface area contributed by atoms with Gasteiger partial charge in [0.2, 0.25) is 0 Å². The van der Waals surface area contributed by atoms with Gasteiger partial charge in [-0.3, -0.25) is 0 Å². The minimum Gasteiger partial charge on any atom is -0.458 e. The van der Waals surface area contributed by atoms with E-state index in [9.17, 15) is 13.2 Å². The van der Waals surface area contributed by atoms with Crippen molar-refractivity contribution in [2.75, 3.05) is 11.5 Å². The van der Waals surface area contributed by atoms with Crippen LogP contribution in [0.1, 0.15) is 12.0 Å². The molecule has 1 saturated heterocycles.